The molecule has 5 heteroatoms. The van der Waals surface area contributed by atoms with Crippen LogP contribution in [-0.4, -0.2) is 29.5 Å². The lowest BCUT2D eigenvalue weighted by Gasteiger charge is -2.20. The number of fused-ring (bicyclic) bond motifs is 1. The van der Waals surface area contributed by atoms with Crippen LogP contribution in [0.4, 0.5) is 0 Å². The number of nitrogens with zero attached hydrogens (tertiary/aromatic N) is 2. The van der Waals surface area contributed by atoms with E-state index in [9.17, 15) is 0 Å². The highest BCUT2D eigenvalue weighted by molar-refractivity contribution is 5.84. The van der Waals surface area contributed by atoms with Gasteiger partial charge in [0, 0.05) is 32.4 Å². The molecule has 0 unspecified atom stereocenters. The second kappa shape index (κ2) is 6.86. The molecule has 1 N–H and O–H groups in total. The first-order valence-electron chi connectivity index (χ1n) is 8.64. The molecule has 1 saturated heterocycles. The molecule has 2 heterocycles. The molecule has 5 nitrogen and oxygen atoms in total. The van der Waals surface area contributed by atoms with E-state index in [0.717, 1.165) is 31.0 Å². The Balaban J connectivity index is 1.47. The minimum absolute atomic E-state index is 0.0669. The van der Waals surface area contributed by atoms with E-state index >= 15 is 0 Å². The molecule has 130 valence electrons. The van der Waals surface area contributed by atoms with Crippen LogP contribution in [0.2, 0.25) is 0 Å². The standard InChI is InChI=1S/C20H23N3O2/c1-23-19(7-9-22-23)20-18(8-10-25-20)21-13-14-3-4-16-12-17(24-2)6-5-15(16)11-14/h3-7,9,11-12,18,20-21H,8,10,13H2,1-2H3/t18-,20-/m0/s1. The summed E-state index contributed by atoms with van der Waals surface area (Å²) in [7, 11) is 3.66. The zero-order chi connectivity index (χ0) is 17.2. The SMILES string of the molecule is COc1ccc2cc(CN[C@H]3CCO[C@@H]3c3ccnn3C)ccc2c1. The predicted molar refractivity (Wildman–Crippen MR) is 97.6 cm³/mol. The van der Waals surface area contributed by atoms with Crippen molar-refractivity contribution < 1.29 is 9.47 Å². The molecule has 1 aromatic heterocycles. The average molecular weight is 337 g/mol. The fourth-order valence-electron chi connectivity index (χ4n) is 3.51. The monoisotopic (exact) mass is 337 g/mol. The number of nitrogens with one attached hydrogen (secondary N) is 1. The fourth-order valence-corrected chi connectivity index (χ4v) is 3.51. The summed E-state index contributed by atoms with van der Waals surface area (Å²) in [6.07, 6.45) is 2.91. The maximum Gasteiger partial charge on any atom is 0.119 e. The number of benzene rings is 2. The molecular weight excluding hydrogens is 314 g/mol. The number of hydrogen-bond acceptors (Lipinski definition) is 4. The molecule has 1 fully saturated rings. The van der Waals surface area contributed by atoms with E-state index in [4.69, 9.17) is 9.47 Å². The van der Waals surface area contributed by atoms with Gasteiger partial charge < -0.3 is 14.8 Å². The van der Waals surface area contributed by atoms with Gasteiger partial charge in [-0.15, -0.1) is 0 Å². The molecule has 0 radical (unpaired) electrons. The summed E-state index contributed by atoms with van der Waals surface area (Å²) >= 11 is 0. The number of ether oxygens (including phenoxy) is 2. The van der Waals surface area contributed by atoms with E-state index in [1.54, 1.807) is 7.11 Å². The Kier molecular flexibility index (Phi) is 4.42. The van der Waals surface area contributed by atoms with Crippen LogP contribution in [0.5, 0.6) is 5.75 Å². The van der Waals surface area contributed by atoms with Gasteiger partial charge in [0.15, 0.2) is 0 Å². The molecule has 2 aromatic carbocycles. The number of hydrogen-bond donors (Lipinski definition) is 1. The second-order valence-electron chi connectivity index (χ2n) is 6.49. The Labute approximate surface area is 147 Å². The van der Waals surface area contributed by atoms with E-state index in [1.807, 2.05) is 30.1 Å². The summed E-state index contributed by atoms with van der Waals surface area (Å²) < 4.78 is 13.1. The van der Waals surface area contributed by atoms with Crippen LogP contribution in [0.25, 0.3) is 10.8 Å². The van der Waals surface area contributed by atoms with Crippen molar-refractivity contribution in [3.8, 4) is 5.75 Å². The van der Waals surface area contributed by atoms with Gasteiger partial charge in [-0.25, -0.2) is 0 Å². The summed E-state index contributed by atoms with van der Waals surface area (Å²) in [6, 6.07) is 15.1. The normalized spacial score (nSPS) is 20.2. The van der Waals surface area contributed by atoms with Crippen molar-refractivity contribution in [3.63, 3.8) is 0 Å². The maximum atomic E-state index is 5.94. The Morgan fingerprint density at radius 3 is 2.84 bits per heavy atom. The third-order valence-corrected chi connectivity index (χ3v) is 4.92. The molecule has 0 saturated carbocycles. The van der Waals surface area contributed by atoms with Gasteiger partial charge in [-0.3, -0.25) is 4.68 Å². The van der Waals surface area contributed by atoms with Gasteiger partial charge in [-0.1, -0.05) is 18.2 Å². The topological polar surface area (TPSA) is 48.3 Å². The van der Waals surface area contributed by atoms with Crippen LogP contribution in [0.15, 0.2) is 48.7 Å². The van der Waals surface area contributed by atoms with Crippen molar-refractivity contribution in [2.45, 2.75) is 25.1 Å². The molecule has 3 aromatic rings. The molecule has 1 aliphatic heterocycles. The van der Waals surface area contributed by atoms with Crippen molar-refractivity contribution in [1.29, 1.82) is 0 Å². The van der Waals surface area contributed by atoms with Crippen molar-refractivity contribution >= 4 is 10.8 Å². The largest absolute Gasteiger partial charge is 0.497 e. The van der Waals surface area contributed by atoms with Gasteiger partial charge in [-0.2, -0.15) is 5.10 Å². The van der Waals surface area contributed by atoms with Crippen molar-refractivity contribution in [3.05, 3.63) is 59.9 Å². The smallest absolute Gasteiger partial charge is 0.119 e. The molecule has 0 aliphatic carbocycles. The average Bonchev–Trinajstić information content (AvgIpc) is 3.27. The summed E-state index contributed by atoms with van der Waals surface area (Å²) in [4.78, 5) is 0. The Morgan fingerprint density at radius 2 is 2.04 bits per heavy atom. The summed E-state index contributed by atoms with van der Waals surface area (Å²) in [5.74, 6) is 0.889. The Bertz CT molecular complexity index is 874. The van der Waals surface area contributed by atoms with Crippen LogP contribution in [0, 0.1) is 0 Å². The van der Waals surface area contributed by atoms with Crippen molar-refractivity contribution in [1.82, 2.24) is 15.1 Å². The highest BCUT2D eigenvalue weighted by Crippen LogP contribution is 2.29. The highest BCUT2D eigenvalue weighted by atomic mass is 16.5. The Hall–Kier alpha value is -2.37. The Morgan fingerprint density at radius 1 is 1.20 bits per heavy atom. The molecule has 2 atom stereocenters. The first kappa shape index (κ1) is 16.1. The van der Waals surface area contributed by atoms with Crippen LogP contribution in [-0.2, 0) is 18.3 Å². The molecule has 25 heavy (non-hydrogen) atoms. The molecule has 0 spiro atoms. The van der Waals surface area contributed by atoms with Crippen LogP contribution < -0.4 is 10.1 Å². The van der Waals surface area contributed by atoms with Gasteiger partial charge in [0.25, 0.3) is 0 Å². The lowest BCUT2D eigenvalue weighted by molar-refractivity contribution is 0.0919. The van der Waals surface area contributed by atoms with Crippen LogP contribution >= 0.6 is 0 Å². The first-order valence-corrected chi connectivity index (χ1v) is 8.64. The van der Waals surface area contributed by atoms with E-state index in [1.165, 1.54) is 16.3 Å². The van der Waals surface area contributed by atoms with Crippen molar-refractivity contribution in [2.24, 2.45) is 7.05 Å². The minimum atomic E-state index is 0.0669. The number of aromatic nitrogens is 2. The van der Waals surface area contributed by atoms with Crippen LogP contribution in [0.1, 0.15) is 23.8 Å². The molecular formula is C20H23N3O2. The molecule has 0 amide bonds. The molecule has 1 aliphatic rings. The third kappa shape index (κ3) is 3.25. The zero-order valence-electron chi connectivity index (χ0n) is 14.6. The fraction of sp³-hybridized carbons (Fsp3) is 0.350. The van der Waals surface area contributed by atoms with Crippen LogP contribution in [0.3, 0.4) is 0 Å². The van der Waals surface area contributed by atoms with Gasteiger partial charge in [-0.05, 0) is 47.0 Å². The van der Waals surface area contributed by atoms with Gasteiger partial charge in [0.05, 0.1) is 12.8 Å². The van der Waals surface area contributed by atoms with Gasteiger partial charge >= 0.3 is 0 Å². The summed E-state index contributed by atoms with van der Waals surface area (Å²) in [6.45, 7) is 1.61. The third-order valence-electron chi connectivity index (χ3n) is 4.92. The van der Waals surface area contributed by atoms with Crippen molar-refractivity contribution in [2.75, 3.05) is 13.7 Å². The number of rotatable bonds is 5. The number of methoxy groups -OCH3 is 1. The molecule has 4 rings (SSSR count). The predicted octanol–water partition coefficient (Wildman–Crippen LogP) is 3.20. The lowest BCUT2D eigenvalue weighted by atomic mass is 10.0. The molecule has 0 bridgehead atoms. The lowest BCUT2D eigenvalue weighted by Crippen LogP contribution is -2.32. The first-order chi connectivity index (χ1) is 12.2. The van der Waals surface area contributed by atoms with E-state index in [0.29, 0.717) is 6.04 Å². The maximum absolute atomic E-state index is 5.94. The van der Waals surface area contributed by atoms with Gasteiger partial charge in [0.1, 0.15) is 11.9 Å². The quantitative estimate of drug-likeness (QED) is 0.777. The zero-order valence-corrected chi connectivity index (χ0v) is 14.6. The van der Waals surface area contributed by atoms with Gasteiger partial charge in [0.2, 0.25) is 0 Å². The number of aryl methyl sites for hydroxylation is 1. The minimum Gasteiger partial charge on any atom is -0.497 e. The van der Waals surface area contributed by atoms with E-state index in [2.05, 4.69) is 40.7 Å². The van der Waals surface area contributed by atoms with E-state index < -0.39 is 0 Å². The highest BCUT2D eigenvalue weighted by Gasteiger charge is 2.31. The second-order valence-corrected chi connectivity index (χ2v) is 6.49. The summed E-state index contributed by atoms with van der Waals surface area (Å²) in [5, 5.41) is 10.3. The summed E-state index contributed by atoms with van der Waals surface area (Å²) in [5.41, 5.74) is 2.40. The van der Waals surface area contributed by atoms with E-state index in [-0.39, 0.29) is 6.10 Å².